The summed E-state index contributed by atoms with van der Waals surface area (Å²) in [6.07, 6.45) is 2.23. The third kappa shape index (κ3) is 3.91. The van der Waals surface area contributed by atoms with Gasteiger partial charge in [-0.3, -0.25) is 9.10 Å². The molecule has 1 N–H and O–H groups in total. The quantitative estimate of drug-likeness (QED) is 0.563. The number of nitrogens with one attached hydrogen (secondary N) is 1. The van der Waals surface area contributed by atoms with Crippen molar-refractivity contribution in [3.8, 4) is 0 Å². The molecule has 0 aliphatic carbocycles. The predicted octanol–water partition coefficient (Wildman–Crippen LogP) is 5.20. The average molecular weight is 449 g/mol. The molecule has 0 saturated carbocycles. The van der Waals surface area contributed by atoms with Gasteiger partial charge in [0.25, 0.3) is 15.9 Å². The number of para-hydroxylation sites is 1. The van der Waals surface area contributed by atoms with E-state index in [1.54, 1.807) is 42.5 Å². The first-order chi connectivity index (χ1) is 15.4. The Morgan fingerprint density at radius 3 is 2.25 bits per heavy atom. The minimum atomic E-state index is -3.67. The van der Waals surface area contributed by atoms with Gasteiger partial charge in [0, 0.05) is 17.3 Å². The third-order valence-electron chi connectivity index (χ3n) is 6.03. The molecule has 3 aromatic rings. The molecule has 4 rings (SSSR count). The first-order valence-electron chi connectivity index (χ1n) is 11.0. The molecule has 0 saturated heterocycles. The largest absolute Gasteiger partial charge is 0.321 e. The van der Waals surface area contributed by atoms with Crippen molar-refractivity contribution < 1.29 is 13.2 Å². The van der Waals surface area contributed by atoms with Crippen LogP contribution in [0, 0.1) is 0 Å². The zero-order chi connectivity index (χ0) is 22.9. The second kappa shape index (κ2) is 8.79. The number of rotatable bonds is 6. The van der Waals surface area contributed by atoms with Crippen LogP contribution in [0.25, 0.3) is 0 Å². The van der Waals surface area contributed by atoms with Gasteiger partial charge in [0.15, 0.2) is 0 Å². The lowest BCUT2D eigenvalue weighted by Crippen LogP contribution is -2.35. The summed E-state index contributed by atoms with van der Waals surface area (Å²) in [4.78, 5) is 13.4. The number of benzene rings is 3. The van der Waals surface area contributed by atoms with Crippen LogP contribution in [0.1, 0.15) is 47.8 Å². The number of nitrogens with zero attached hydrogens (tertiary/aromatic N) is 1. The normalized spacial score (nSPS) is 15.5. The second-order valence-electron chi connectivity index (χ2n) is 8.12. The maximum atomic E-state index is 13.3. The zero-order valence-electron chi connectivity index (χ0n) is 18.6. The molecule has 0 spiro atoms. The molecule has 0 radical (unpaired) electrons. The van der Waals surface area contributed by atoms with Gasteiger partial charge in [-0.15, -0.1) is 0 Å². The van der Waals surface area contributed by atoms with Crippen LogP contribution in [0.15, 0.2) is 71.6 Å². The van der Waals surface area contributed by atoms with Gasteiger partial charge in [-0.25, -0.2) is 8.42 Å². The molecule has 1 heterocycles. The number of sulfonamides is 1. The van der Waals surface area contributed by atoms with Crippen molar-refractivity contribution in [3.63, 3.8) is 0 Å². The molecule has 1 aliphatic rings. The smallest absolute Gasteiger partial charge is 0.264 e. The SMILES string of the molecule is CCc1cccc(CC)c1NC(=O)c1ccc2c(c1)C[C@H](C)N2S(=O)(=O)c1ccccc1. The number of hydrogen-bond donors (Lipinski definition) is 1. The number of amides is 1. The van der Waals surface area contributed by atoms with Gasteiger partial charge in [-0.2, -0.15) is 0 Å². The van der Waals surface area contributed by atoms with Crippen molar-refractivity contribution in [2.45, 2.75) is 51.0 Å². The Labute approximate surface area is 190 Å². The zero-order valence-corrected chi connectivity index (χ0v) is 19.4. The topological polar surface area (TPSA) is 66.5 Å². The summed E-state index contributed by atoms with van der Waals surface area (Å²) in [7, 11) is -3.67. The molecule has 1 amide bonds. The van der Waals surface area contributed by atoms with E-state index in [1.807, 2.05) is 31.2 Å². The summed E-state index contributed by atoms with van der Waals surface area (Å²) >= 11 is 0. The van der Waals surface area contributed by atoms with Gasteiger partial charge in [-0.1, -0.05) is 50.2 Å². The number of aryl methyl sites for hydroxylation is 2. The van der Waals surface area contributed by atoms with Crippen LogP contribution in [-0.2, 0) is 29.3 Å². The average Bonchev–Trinajstić information content (AvgIpc) is 3.15. The molecule has 32 heavy (non-hydrogen) atoms. The summed E-state index contributed by atoms with van der Waals surface area (Å²) in [5.74, 6) is -0.180. The van der Waals surface area contributed by atoms with E-state index in [4.69, 9.17) is 0 Å². The molecule has 0 aromatic heterocycles. The monoisotopic (exact) mass is 448 g/mol. The van der Waals surface area contributed by atoms with E-state index < -0.39 is 10.0 Å². The Morgan fingerprint density at radius 2 is 1.62 bits per heavy atom. The highest BCUT2D eigenvalue weighted by atomic mass is 32.2. The number of anilines is 2. The van der Waals surface area contributed by atoms with Crippen molar-refractivity contribution in [2.75, 3.05) is 9.62 Å². The van der Waals surface area contributed by atoms with Crippen molar-refractivity contribution in [1.29, 1.82) is 0 Å². The Bertz CT molecular complexity index is 1230. The van der Waals surface area contributed by atoms with Crippen LogP contribution in [0.2, 0.25) is 0 Å². The molecule has 1 atom stereocenters. The van der Waals surface area contributed by atoms with E-state index in [-0.39, 0.29) is 16.8 Å². The van der Waals surface area contributed by atoms with Crippen molar-refractivity contribution in [3.05, 3.63) is 89.0 Å². The van der Waals surface area contributed by atoms with Crippen LogP contribution in [0.3, 0.4) is 0 Å². The highest BCUT2D eigenvalue weighted by Crippen LogP contribution is 2.37. The Kier molecular flexibility index (Phi) is 6.07. The fourth-order valence-corrected chi connectivity index (χ4v) is 6.12. The molecule has 1 aliphatic heterocycles. The number of carbonyl (C=O) groups is 1. The standard InChI is InChI=1S/C26H28N2O3S/c1-4-19-10-9-11-20(5-2)25(19)27-26(29)21-14-15-24-22(17-21)16-18(3)28(24)32(30,31)23-12-7-6-8-13-23/h6-15,17-18H,4-5,16H2,1-3H3,(H,27,29)/t18-/m0/s1. The molecular weight excluding hydrogens is 420 g/mol. The van der Waals surface area contributed by atoms with Crippen LogP contribution >= 0.6 is 0 Å². The van der Waals surface area contributed by atoms with Gasteiger partial charge in [0.05, 0.1) is 10.6 Å². The Balaban J connectivity index is 1.65. The van der Waals surface area contributed by atoms with Gasteiger partial charge in [0.1, 0.15) is 0 Å². The molecule has 6 heteroatoms. The van der Waals surface area contributed by atoms with Crippen LogP contribution in [0.4, 0.5) is 11.4 Å². The number of fused-ring (bicyclic) bond motifs is 1. The lowest BCUT2D eigenvalue weighted by Gasteiger charge is -2.24. The minimum absolute atomic E-state index is 0.180. The summed E-state index contributed by atoms with van der Waals surface area (Å²) in [6, 6.07) is 19.6. The summed E-state index contributed by atoms with van der Waals surface area (Å²) < 4.78 is 28.0. The lowest BCUT2D eigenvalue weighted by atomic mass is 10.0. The van der Waals surface area contributed by atoms with E-state index in [1.165, 1.54) is 4.31 Å². The predicted molar refractivity (Wildman–Crippen MR) is 129 cm³/mol. The number of carbonyl (C=O) groups excluding carboxylic acids is 1. The summed E-state index contributed by atoms with van der Waals surface area (Å²) in [5, 5.41) is 3.10. The van der Waals surface area contributed by atoms with Gasteiger partial charge in [0.2, 0.25) is 0 Å². The van der Waals surface area contributed by atoms with E-state index in [2.05, 4.69) is 19.2 Å². The molecule has 3 aromatic carbocycles. The van der Waals surface area contributed by atoms with E-state index in [9.17, 15) is 13.2 Å². The fourth-order valence-electron chi connectivity index (χ4n) is 4.41. The third-order valence-corrected chi connectivity index (χ3v) is 7.97. The lowest BCUT2D eigenvalue weighted by molar-refractivity contribution is 0.102. The van der Waals surface area contributed by atoms with Crippen molar-refractivity contribution in [1.82, 2.24) is 0 Å². The highest BCUT2D eigenvalue weighted by Gasteiger charge is 2.36. The highest BCUT2D eigenvalue weighted by molar-refractivity contribution is 7.92. The van der Waals surface area contributed by atoms with E-state index >= 15 is 0 Å². The Morgan fingerprint density at radius 1 is 0.969 bits per heavy atom. The minimum Gasteiger partial charge on any atom is -0.321 e. The summed E-state index contributed by atoms with van der Waals surface area (Å²) in [6.45, 7) is 6.04. The molecule has 5 nitrogen and oxygen atoms in total. The van der Waals surface area contributed by atoms with Gasteiger partial charge in [-0.05, 0) is 73.2 Å². The molecule has 0 fully saturated rings. The van der Waals surface area contributed by atoms with E-state index in [0.717, 1.165) is 35.2 Å². The van der Waals surface area contributed by atoms with Crippen LogP contribution in [0.5, 0.6) is 0 Å². The van der Waals surface area contributed by atoms with Crippen molar-refractivity contribution in [2.24, 2.45) is 0 Å². The van der Waals surface area contributed by atoms with Crippen molar-refractivity contribution >= 4 is 27.3 Å². The van der Waals surface area contributed by atoms with Gasteiger partial charge < -0.3 is 5.32 Å². The molecule has 0 unspecified atom stereocenters. The van der Waals surface area contributed by atoms with Gasteiger partial charge >= 0.3 is 0 Å². The maximum Gasteiger partial charge on any atom is 0.264 e. The van der Waals surface area contributed by atoms with Crippen LogP contribution < -0.4 is 9.62 Å². The first-order valence-corrected chi connectivity index (χ1v) is 12.4. The molecule has 166 valence electrons. The second-order valence-corrected chi connectivity index (χ2v) is 9.94. The first kappa shape index (κ1) is 22.1. The maximum absolute atomic E-state index is 13.3. The Hall–Kier alpha value is -3.12. The molecule has 0 bridgehead atoms. The number of hydrogen-bond acceptors (Lipinski definition) is 3. The summed E-state index contributed by atoms with van der Waals surface area (Å²) in [5.41, 5.74) is 5.12. The van der Waals surface area contributed by atoms with E-state index in [0.29, 0.717) is 17.7 Å². The molecular formula is C26H28N2O3S. The fraction of sp³-hybridized carbons (Fsp3) is 0.269. The van der Waals surface area contributed by atoms with Crippen LogP contribution in [-0.4, -0.2) is 20.4 Å².